The summed E-state index contributed by atoms with van der Waals surface area (Å²) in [5, 5.41) is 31.9. The summed E-state index contributed by atoms with van der Waals surface area (Å²) in [6.07, 6.45) is 5.57. The predicted octanol–water partition coefficient (Wildman–Crippen LogP) is 3.53. The van der Waals surface area contributed by atoms with E-state index in [1.54, 1.807) is 49.1 Å². The van der Waals surface area contributed by atoms with Crippen molar-refractivity contribution < 1.29 is 48.7 Å². The van der Waals surface area contributed by atoms with Gasteiger partial charge in [0.25, 0.3) is 0 Å². The Balaban J connectivity index is 1.82. The molecule has 12 nitrogen and oxygen atoms in total. The van der Waals surface area contributed by atoms with E-state index in [1.165, 1.54) is 6.92 Å². The van der Waals surface area contributed by atoms with Gasteiger partial charge in [-0.15, -0.1) is 0 Å². The Bertz CT molecular complexity index is 1190. The van der Waals surface area contributed by atoms with Crippen LogP contribution < -0.4 is 0 Å². The number of aliphatic hydroxyl groups is 3. The molecular formula is C36H58N2O10. The maximum absolute atomic E-state index is 13.3. The van der Waals surface area contributed by atoms with Gasteiger partial charge >= 0.3 is 18.0 Å². The summed E-state index contributed by atoms with van der Waals surface area (Å²) in [5.41, 5.74) is -1.79. The SMILES string of the molecule is CC[C@H](O)C(C)[C@H]1O[C@@H]1CC(C)(O)/C=C/C=C(\C)[C@H]1OC(=O)C[C@H](O)CC[C@@](C)(OC(C)=O)[C@@H](OC(=O)N2CCN(C)CC2)/C=C/[C@@H]1C. The van der Waals surface area contributed by atoms with Crippen LogP contribution in [0.4, 0.5) is 4.79 Å². The van der Waals surface area contributed by atoms with Crippen molar-refractivity contribution in [3.05, 3.63) is 36.0 Å². The van der Waals surface area contributed by atoms with Gasteiger partial charge in [-0.25, -0.2) is 4.79 Å². The van der Waals surface area contributed by atoms with Gasteiger partial charge in [-0.1, -0.05) is 45.1 Å². The molecule has 2 unspecified atom stereocenters. The number of carbonyl (C=O) groups is 3. The van der Waals surface area contributed by atoms with Crippen molar-refractivity contribution in [2.24, 2.45) is 11.8 Å². The van der Waals surface area contributed by atoms with E-state index in [0.29, 0.717) is 44.6 Å². The molecule has 0 aromatic carbocycles. The molecule has 0 aliphatic carbocycles. The first-order valence-electron chi connectivity index (χ1n) is 17.3. The van der Waals surface area contributed by atoms with Crippen molar-refractivity contribution >= 4 is 18.0 Å². The lowest BCUT2D eigenvalue weighted by Gasteiger charge is -2.38. The van der Waals surface area contributed by atoms with E-state index >= 15 is 0 Å². The molecule has 3 aliphatic rings. The minimum absolute atomic E-state index is 0.0208. The van der Waals surface area contributed by atoms with E-state index < -0.39 is 59.6 Å². The van der Waals surface area contributed by atoms with Crippen molar-refractivity contribution in [2.45, 2.75) is 128 Å². The Morgan fingerprint density at radius 3 is 2.50 bits per heavy atom. The third kappa shape index (κ3) is 11.7. The molecule has 12 heteroatoms. The van der Waals surface area contributed by atoms with Crippen LogP contribution in [0.25, 0.3) is 0 Å². The van der Waals surface area contributed by atoms with Crippen LogP contribution in [0.5, 0.6) is 0 Å². The normalized spacial score (nSPS) is 34.2. The molecule has 1 amide bonds. The van der Waals surface area contributed by atoms with Crippen molar-refractivity contribution in [2.75, 3.05) is 33.2 Å². The number of amides is 1. The molecule has 3 N–H and O–H groups in total. The lowest BCUT2D eigenvalue weighted by Crippen LogP contribution is -2.51. The highest BCUT2D eigenvalue weighted by atomic mass is 16.6. The molecule has 0 radical (unpaired) electrons. The predicted molar refractivity (Wildman–Crippen MR) is 180 cm³/mol. The lowest BCUT2D eigenvalue weighted by atomic mass is 9.88. The van der Waals surface area contributed by atoms with E-state index in [0.717, 1.165) is 0 Å². The van der Waals surface area contributed by atoms with E-state index in [4.69, 9.17) is 18.9 Å². The van der Waals surface area contributed by atoms with Crippen molar-refractivity contribution in [1.29, 1.82) is 0 Å². The van der Waals surface area contributed by atoms with Crippen molar-refractivity contribution in [3.8, 4) is 0 Å². The molecule has 0 aromatic heterocycles. The third-order valence-corrected chi connectivity index (χ3v) is 9.71. The number of allylic oxidation sites excluding steroid dienone is 2. The van der Waals surface area contributed by atoms with E-state index in [1.807, 2.05) is 34.7 Å². The first kappa shape index (κ1) is 39.7. The van der Waals surface area contributed by atoms with Gasteiger partial charge in [-0.05, 0) is 58.7 Å². The molecule has 0 saturated carbocycles. The van der Waals surface area contributed by atoms with Gasteiger partial charge in [0.1, 0.15) is 11.7 Å². The van der Waals surface area contributed by atoms with Gasteiger partial charge in [-0.2, -0.15) is 0 Å². The zero-order valence-corrected chi connectivity index (χ0v) is 30.0. The number of carbonyl (C=O) groups excluding carboxylic acids is 3. The third-order valence-electron chi connectivity index (χ3n) is 9.71. The summed E-state index contributed by atoms with van der Waals surface area (Å²) in [6, 6.07) is 0. The van der Waals surface area contributed by atoms with Crippen LogP contribution in [-0.4, -0.2) is 124 Å². The second kappa shape index (κ2) is 17.2. The molecule has 0 spiro atoms. The molecule has 3 heterocycles. The van der Waals surface area contributed by atoms with Crippen LogP contribution in [0.15, 0.2) is 36.0 Å². The molecule has 2 saturated heterocycles. The van der Waals surface area contributed by atoms with Crippen LogP contribution in [-0.2, 0) is 28.5 Å². The van der Waals surface area contributed by atoms with Gasteiger partial charge in [-0.3, -0.25) is 9.59 Å². The molecule has 3 rings (SSSR count). The molecule has 3 aliphatic heterocycles. The van der Waals surface area contributed by atoms with E-state index in [2.05, 4.69) is 4.90 Å². The van der Waals surface area contributed by atoms with Gasteiger partial charge in [0.2, 0.25) is 0 Å². The number of ether oxygens (including phenoxy) is 4. The maximum atomic E-state index is 13.3. The number of cyclic esters (lactones) is 1. The van der Waals surface area contributed by atoms with Gasteiger partial charge in [0.05, 0.1) is 36.4 Å². The standard InChI is InChI=1S/C36H58N2O10/c1-9-28(41)25(4)33-29(45-33)22-35(6,44)15-10-11-23(2)32-24(3)12-13-30(46-34(43)38-19-17-37(8)18-20-38)36(7,48-26(5)39)16-14-27(40)21-31(42)47-32/h10-13,15,24-25,27-30,32-33,40-41,44H,9,14,16-22H2,1-8H3/b13-12+,15-10+,23-11+/t24-,25?,27+,28-,29+,30-,32+,33+,35?,36+/m0/s1. The summed E-state index contributed by atoms with van der Waals surface area (Å²) >= 11 is 0. The number of esters is 2. The van der Waals surface area contributed by atoms with Gasteiger partial charge < -0.3 is 44.1 Å². The molecule has 0 bridgehead atoms. The second-order valence-corrected chi connectivity index (χ2v) is 14.4. The van der Waals surface area contributed by atoms with Gasteiger partial charge in [0, 0.05) is 51.4 Å². The average molecular weight is 679 g/mol. The number of piperazine rings is 1. The zero-order chi connectivity index (χ0) is 35.8. The molecule has 0 aromatic rings. The Morgan fingerprint density at radius 1 is 1.21 bits per heavy atom. The largest absolute Gasteiger partial charge is 0.457 e. The van der Waals surface area contributed by atoms with Crippen molar-refractivity contribution in [1.82, 2.24) is 9.80 Å². The Kier molecular flexibility index (Phi) is 14.3. The molecular weight excluding hydrogens is 620 g/mol. The maximum Gasteiger partial charge on any atom is 0.410 e. The summed E-state index contributed by atoms with van der Waals surface area (Å²) in [5.74, 6) is -1.57. The zero-order valence-electron chi connectivity index (χ0n) is 30.0. The molecule has 10 atom stereocenters. The highest BCUT2D eigenvalue weighted by Crippen LogP contribution is 2.37. The highest BCUT2D eigenvalue weighted by Gasteiger charge is 2.47. The smallest absolute Gasteiger partial charge is 0.410 e. The number of aliphatic hydroxyl groups excluding tert-OH is 2. The quantitative estimate of drug-likeness (QED) is 0.102. The number of epoxide rings is 1. The lowest BCUT2D eigenvalue weighted by molar-refractivity contribution is -0.168. The molecule has 272 valence electrons. The summed E-state index contributed by atoms with van der Waals surface area (Å²) in [6.45, 7) is 14.6. The van der Waals surface area contributed by atoms with E-state index in [-0.39, 0.29) is 37.4 Å². The molecule has 48 heavy (non-hydrogen) atoms. The van der Waals surface area contributed by atoms with Crippen LogP contribution >= 0.6 is 0 Å². The monoisotopic (exact) mass is 678 g/mol. The fourth-order valence-corrected chi connectivity index (χ4v) is 6.40. The van der Waals surface area contributed by atoms with Crippen LogP contribution in [0.2, 0.25) is 0 Å². The Morgan fingerprint density at radius 2 is 1.88 bits per heavy atom. The number of nitrogens with zero attached hydrogens (tertiary/aromatic N) is 2. The Labute approximate surface area is 285 Å². The van der Waals surface area contributed by atoms with E-state index in [9.17, 15) is 29.7 Å². The number of hydrogen-bond acceptors (Lipinski definition) is 11. The summed E-state index contributed by atoms with van der Waals surface area (Å²) < 4.78 is 23.4. The highest BCUT2D eigenvalue weighted by molar-refractivity contribution is 5.71. The van der Waals surface area contributed by atoms with Crippen LogP contribution in [0.3, 0.4) is 0 Å². The topological polar surface area (TPSA) is 159 Å². The second-order valence-electron chi connectivity index (χ2n) is 14.4. The number of likely N-dealkylation sites (N-methyl/N-ethyl adjacent to an activating group) is 1. The first-order chi connectivity index (χ1) is 22.4. The first-order valence-corrected chi connectivity index (χ1v) is 17.3. The van der Waals surface area contributed by atoms with Gasteiger partial charge in [0.15, 0.2) is 6.10 Å². The summed E-state index contributed by atoms with van der Waals surface area (Å²) in [7, 11) is 1.99. The van der Waals surface area contributed by atoms with Crippen LogP contribution in [0.1, 0.15) is 80.6 Å². The minimum atomic E-state index is -1.31. The van der Waals surface area contributed by atoms with Crippen molar-refractivity contribution in [3.63, 3.8) is 0 Å². The average Bonchev–Trinajstić information content (AvgIpc) is 3.77. The minimum Gasteiger partial charge on any atom is -0.457 e. The number of hydrogen-bond donors (Lipinski definition) is 3. The summed E-state index contributed by atoms with van der Waals surface area (Å²) in [4.78, 5) is 42.2. The molecule has 2 fully saturated rings. The fraction of sp³-hybridized carbons (Fsp3) is 0.750. The fourth-order valence-electron chi connectivity index (χ4n) is 6.40. The van der Waals surface area contributed by atoms with Crippen LogP contribution in [0, 0.1) is 11.8 Å². The Hall–Kier alpha value is -2.77. The number of rotatable bonds is 10.